The van der Waals surface area contributed by atoms with Crippen LogP contribution in [0.3, 0.4) is 0 Å². The van der Waals surface area contributed by atoms with Crippen molar-refractivity contribution in [2.75, 3.05) is 27.3 Å². The minimum Gasteiger partial charge on any atom is -0.496 e. The van der Waals surface area contributed by atoms with Crippen LogP contribution in [0.15, 0.2) is 17.0 Å². The van der Waals surface area contributed by atoms with Gasteiger partial charge in [0.25, 0.3) is 11.1 Å². The minimum absolute atomic E-state index is 0.137. The molecule has 1 atom stereocenters. The van der Waals surface area contributed by atoms with Crippen LogP contribution in [0.5, 0.6) is 11.5 Å². The molecule has 8 heteroatoms. The van der Waals surface area contributed by atoms with Crippen LogP contribution >= 0.6 is 11.8 Å². The number of methoxy groups -OCH3 is 2. The molecule has 1 aromatic rings. The first-order valence-corrected chi connectivity index (χ1v) is 10.5. The number of imide groups is 1. The first-order chi connectivity index (χ1) is 13.9. The molecule has 2 aliphatic heterocycles. The lowest BCUT2D eigenvalue weighted by Gasteiger charge is -2.34. The number of benzene rings is 1. The van der Waals surface area contributed by atoms with Crippen molar-refractivity contribution in [3.8, 4) is 11.5 Å². The van der Waals surface area contributed by atoms with Crippen molar-refractivity contribution in [3.63, 3.8) is 0 Å². The van der Waals surface area contributed by atoms with Crippen molar-refractivity contribution >= 4 is 34.9 Å². The van der Waals surface area contributed by atoms with Crippen LogP contribution in [0.1, 0.15) is 37.3 Å². The number of ether oxygens (including phenoxy) is 2. The molecule has 2 aliphatic rings. The van der Waals surface area contributed by atoms with E-state index in [1.807, 2.05) is 13.8 Å². The largest absolute Gasteiger partial charge is 0.496 e. The fraction of sp³-hybridized carbons (Fsp3) is 0.476. The van der Waals surface area contributed by atoms with Gasteiger partial charge in [0.05, 0.1) is 19.1 Å². The van der Waals surface area contributed by atoms with E-state index in [-0.39, 0.29) is 23.4 Å². The number of piperidine rings is 1. The molecule has 0 N–H and O–H groups in total. The molecular formula is C21H26N2O5S. The van der Waals surface area contributed by atoms with Crippen molar-refractivity contribution in [2.24, 2.45) is 0 Å². The minimum atomic E-state index is -0.450. The Morgan fingerprint density at radius 1 is 1.24 bits per heavy atom. The van der Waals surface area contributed by atoms with Gasteiger partial charge in [0.1, 0.15) is 18.0 Å². The van der Waals surface area contributed by atoms with Crippen molar-refractivity contribution in [2.45, 2.75) is 39.2 Å². The topological polar surface area (TPSA) is 76.2 Å². The summed E-state index contributed by atoms with van der Waals surface area (Å²) in [4.78, 5) is 40.9. The summed E-state index contributed by atoms with van der Waals surface area (Å²) >= 11 is 0.842. The van der Waals surface area contributed by atoms with Gasteiger partial charge >= 0.3 is 0 Å². The molecule has 0 bridgehead atoms. The molecule has 3 rings (SSSR count). The smallest absolute Gasteiger partial charge is 0.294 e. The van der Waals surface area contributed by atoms with Crippen LogP contribution in [0, 0.1) is 6.92 Å². The highest BCUT2D eigenvalue weighted by Gasteiger charge is 2.38. The zero-order chi connectivity index (χ0) is 21.1. The van der Waals surface area contributed by atoms with Gasteiger partial charge in [-0.2, -0.15) is 0 Å². The van der Waals surface area contributed by atoms with E-state index in [0.29, 0.717) is 23.6 Å². The average Bonchev–Trinajstić information content (AvgIpc) is 2.96. The van der Waals surface area contributed by atoms with Crippen molar-refractivity contribution < 1.29 is 23.9 Å². The van der Waals surface area contributed by atoms with Crippen LogP contribution in [-0.2, 0) is 9.59 Å². The predicted molar refractivity (Wildman–Crippen MR) is 112 cm³/mol. The quantitative estimate of drug-likeness (QED) is 0.682. The molecule has 2 fully saturated rings. The second kappa shape index (κ2) is 8.90. The van der Waals surface area contributed by atoms with E-state index in [4.69, 9.17) is 9.47 Å². The number of carbonyl (C=O) groups is 3. The lowest BCUT2D eigenvalue weighted by atomic mass is 10.0. The Morgan fingerprint density at radius 2 is 2.00 bits per heavy atom. The summed E-state index contributed by atoms with van der Waals surface area (Å²) in [6.45, 7) is 4.32. The lowest BCUT2D eigenvalue weighted by molar-refractivity contribution is -0.138. The van der Waals surface area contributed by atoms with Crippen molar-refractivity contribution in [1.82, 2.24) is 9.80 Å². The highest BCUT2D eigenvalue weighted by molar-refractivity contribution is 8.18. The summed E-state index contributed by atoms with van der Waals surface area (Å²) in [5, 5.41) is -0.427. The number of thioether (sulfide) groups is 1. The maximum absolute atomic E-state index is 12.8. The van der Waals surface area contributed by atoms with Crippen LogP contribution in [0.25, 0.3) is 6.08 Å². The van der Waals surface area contributed by atoms with Gasteiger partial charge in [0, 0.05) is 23.7 Å². The van der Waals surface area contributed by atoms with E-state index in [0.717, 1.165) is 41.5 Å². The van der Waals surface area contributed by atoms with Gasteiger partial charge in [-0.25, -0.2) is 0 Å². The highest BCUT2D eigenvalue weighted by Crippen LogP contribution is 2.37. The molecule has 29 heavy (non-hydrogen) atoms. The van der Waals surface area contributed by atoms with Crippen molar-refractivity contribution in [1.29, 1.82) is 0 Å². The Bertz CT molecular complexity index is 867. The molecule has 0 aromatic heterocycles. The normalized spacial score (nSPS) is 21.1. The predicted octanol–water partition coefficient (Wildman–Crippen LogP) is 3.45. The molecular weight excluding hydrogens is 392 g/mol. The molecule has 0 saturated carbocycles. The van der Waals surface area contributed by atoms with E-state index >= 15 is 0 Å². The number of hydrogen-bond donors (Lipinski definition) is 0. The van der Waals surface area contributed by atoms with E-state index < -0.39 is 11.1 Å². The van der Waals surface area contributed by atoms with E-state index in [1.54, 1.807) is 37.3 Å². The summed E-state index contributed by atoms with van der Waals surface area (Å²) < 4.78 is 10.8. The maximum atomic E-state index is 12.8. The van der Waals surface area contributed by atoms with Crippen LogP contribution < -0.4 is 9.47 Å². The third-order valence-electron chi connectivity index (χ3n) is 5.39. The SMILES string of the molecule is COc1ccc(/C=C2\SC(=O)N(CC(=O)N3CCCC[C@H]3C)C2=O)c(OC)c1C. The van der Waals surface area contributed by atoms with Gasteiger partial charge < -0.3 is 14.4 Å². The maximum Gasteiger partial charge on any atom is 0.294 e. The van der Waals surface area contributed by atoms with Gasteiger partial charge in [-0.3, -0.25) is 19.3 Å². The highest BCUT2D eigenvalue weighted by atomic mass is 32.2. The third kappa shape index (κ3) is 4.27. The molecule has 2 saturated heterocycles. The number of carbonyl (C=O) groups excluding carboxylic acids is 3. The Labute approximate surface area is 175 Å². The average molecular weight is 419 g/mol. The molecule has 2 heterocycles. The number of rotatable bonds is 5. The lowest BCUT2D eigenvalue weighted by Crippen LogP contribution is -2.47. The molecule has 1 aromatic carbocycles. The fourth-order valence-corrected chi connectivity index (χ4v) is 4.60. The molecule has 0 radical (unpaired) electrons. The number of likely N-dealkylation sites (tertiary alicyclic amines) is 1. The van der Waals surface area contributed by atoms with E-state index in [2.05, 4.69) is 0 Å². The molecule has 0 unspecified atom stereocenters. The molecule has 156 valence electrons. The summed E-state index contributed by atoms with van der Waals surface area (Å²) in [6, 6.07) is 3.70. The Morgan fingerprint density at radius 3 is 2.66 bits per heavy atom. The van der Waals surface area contributed by atoms with Gasteiger partial charge in [-0.1, -0.05) is 0 Å². The molecule has 0 aliphatic carbocycles. The van der Waals surface area contributed by atoms with Gasteiger partial charge in [0.2, 0.25) is 5.91 Å². The van der Waals surface area contributed by atoms with E-state index in [9.17, 15) is 14.4 Å². The number of amides is 3. The van der Waals surface area contributed by atoms with Crippen molar-refractivity contribution in [3.05, 3.63) is 28.2 Å². The van der Waals surface area contributed by atoms with Gasteiger partial charge in [0.15, 0.2) is 0 Å². The molecule has 7 nitrogen and oxygen atoms in total. The second-order valence-corrected chi connectivity index (χ2v) is 8.21. The van der Waals surface area contributed by atoms with Crippen LogP contribution in [0.2, 0.25) is 0 Å². The second-order valence-electron chi connectivity index (χ2n) is 7.22. The summed E-state index contributed by atoms with van der Waals surface area (Å²) in [7, 11) is 3.12. The zero-order valence-electron chi connectivity index (χ0n) is 17.2. The monoisotopic (exact) mass is 418 g/mol. The van der Waals surface area contributed by atoms with E-state index in [1.165, 1.54) is 0 Å². The summed E-state index contributed by atoms with van der Waals surface area (Å²) in [5.41, 5.74) is 1.48. The number of hydrogen-bond acceptors (Lipinski definition) is 6. The summed E-state index contributed by atoms with van der Waals surface area (Å²) in [5.74, 6) is 0.620. The third-order valence-corrected chi connectivity index (χ3v) is 6.29. The van der Waals surface area contributed by atoms with Gasteiger partial charge in [-0.15, -0.1) is 0 Å². The number of nitrogens with zero attached hydrogens (tertiary/aromatic N) is 2. The summed E-state index contributed by atoms with van der Waals surface area (Å²) in [6.07, 6.45) is 4.63. The first-order valence-electron chi connectivity index (χ1n) is 9.63. The van der Waals surface area contributed by atoms with Gasteiger partial charge in [-0.05, 0) is 63.1 Å². The van der Waals surface area contributed by atoms with Crippen LogP contribution in [-0.4, -0.2) is 60.2 Å². The Balaban J connectivity index is 1.80. The first kappa shape index (κ1) is 21.2. The fourth-order valence-electron chi connectivity index (χ4n) is 3.77. The van der Waals surface area contributed by atoms with Crippen LogP contribution in [0.4, 0.5) is 4.79 Å². The standard InChI is InChI=1S/C21H26N2O5S/c1-13-7-5-6-10-22(13)18(24)12-23-20(25)17(29-21(23)26)11-15-8-9-16(27-3)14(2)19(15)28-4/h8-9,11,13H,5-7,10,12H2,1-4H3/b17-11-/t13-/m1/s1. The molecule has 3 amide bonds. The Hall–Kier alpha value is -2.48. The zero-order valence-corrected chi connectivity index (χ0v) is 18.0. The molecule has 0 spiro atoms. The Kier molecular flexibility index (Phi) is 6.52.